The number of carbonyl (C=O) groups excluding carboxylic acids is 1. The molecular formula is C20H30N2O3. The molecule has 0 bridgehead atoms. The molecule has 5 heteroatoms. The minimum atomic E-state index is 0.00552. The van der Waals surface area contributed by atoms with Gasteiger partial charge in [0, 0.05) is 32.2 Å². The normalized spacial score (nSPS) is 24.8. The molecule has 1 aliphatic carbocycles. The number of rotatable bonds is 4. The lowest BCUT2D eigenvalue weighted by atomic mass is 9.86. The van der Waals surface area contributed by atoms with Gasteiger partial charge in [0.05, 0.1) is 14.2 Å². The van der Waals surface area contributed by atoms with Crippen molar-refractivity contribution in [2.45, 2.75) is 38.6 Å². The SMILES string of the molecule is COc1cccc(OC)c1C(=O)N1CCN([C@@H]2CCC[C@@H](C)C2)CC1. The van der Waals surface area contributed by atoms with E-state index in [2.05, 4.69) is 11.8 Å². The van der Waals surface area contributed by atoms with E-state index >= 15 is 0 Å². The molecule has 1 aliphatic heterocycles. The topological polar surface area (TPSA) is 42.0 Å². The van der Waals surface area contributed by atoms with Crippen molar-refractivity contribution in [1.29, 1.82) is 0 Å². The summed E-state index contributed by atoms with van der Waals surface area (Å²) in [5, 5.41) is 0. The molecular weight excluding hydrogens is 316 g/mol. The molecule has 5 nitrogen and oxygen atoms in total. The number of nitrogens with zero attached hydrogens (tertiary/aromatic N) is 2. The molecule has 25 heavy (non-hydrogen) atoms. The molecule has 2 fully saturated rings. The largest absolute Gasteiger partial charge is 0.496 e. The minimum absolute atomic E-state index is 0.00552. The lowest BCUT2D eigenvalue weighted by Gasteiger charge is -2.42. The molecule has 1 heterocycles. The first kappa shape index (κ1) is 18.1. The highest BCUT2D eigenvalue weighted by atomic mass is 16.5. The Morgan fingerprint density at radius 2 is 1.68 bits per heavy atom. The van der Waals surface area contributed by atoms with E-state index in [1.54, 1.807) is 14.2 Å². The van der Waals surface area contributed by atoms with Crippen LogP contribution in [0.5, 0.6) is 11.5 Å². The molecule has 0 radical (unpaired) electrons. The highest BCUT2D eigenvalue weighted by Gasteiger charge is 2.31. The number of hydrogen-bond acceptors (Lipinski definition) is 4. The van der Waals surface area contributed by atoms with E-state index in [9.17, 15) is 4.79 Å². The van der Waals surface area contributed by atoms with Gasteiger partial charge in [-0.1, -0.05) is 25.8 Å². The Bertz CT molecular complexity index is 574. The summed E-state index contributed by atoms with van der Waals surface area (Å²) in [4.78, 5) is 17.6. The van der Waals surface area contributed by atoms with E-state index < -0.39 is 0 Å². The molecule has 138 valence electrons. The van der Waals surface area contributed by atoms with Crippen molar-refractivity contribution in [1.82, 2.24) is 9.80 Å². The van der Waals surface area contributed by atoms with Crippen molar-refractivity contribution in [3.05, 3.63) is 23.8 Å². The number of carbonyl (C=O) groups is 1. The van der Waals surface area contributed by atoms with Gasteiger partial charge in [-0.2, -0.15) is 0 Å². The number of piperazine rings is 1. The lowest BCUT2D eigenvalue weighted by molar-refractivity contribution is 0.0484. The molecule has 1 aromatic rings. The van der Waals surface area contributed by atoms with Crippen molar-refractivity contribution in [2.75, 3.05) is 40.4 Å². The van der Waals surface area contributed by atoms with Gasteiger partial charge >= 0.3 is 0 Å². The first-order valence-corrected chi connectivity index (χ1v) is 9.38. The molecule has 0 N–H and O–H groups in total. The minimum Gasteiger partial charge on any atom is -0.496 e. The summed E-state index contributed by atoms with van der Waals surface area (Å²) < 4.78 is 10.8. The van der Waals surface area contributed by atoms with E-state index in [1.165, 1.54) is 25.7 Å². The molecule has 1 aromatic carbocycles. The average molecular weight is 346 g/mol. The van der Waals surface area contributed by atoms with Crippen molar-refractivity contribution in [2.24, 2.45) is 5.92 Å². The van der Waals surface area contributed by atoms with Gasteiger partial charge in [-0.15, -0.1) is 0 Å². The zero-order valence-corrected chi connectivity index (χ0v) is 15.7. The van der Waals surface area contributed by atoms with Crippen LogP contribution in [0, 0.1) is 5.92 Å². The van der Waals surface area contributed by atoms with Crippen LogP contribution in [-0.4, -0.2) is 62.1 Å². The Morgan fingerprint density at radius 1 is 1.04 bits per heavy atom. The van der Waals surface area contributed by atoms with Crippen LogP contribution in [0.4, 0.5) is 0 Å². The molecule has 1 saturated heterocycles. The lowest BCUT2D eigenvalue weighted by Crippen LogP contribution is -2.52. The fourth-order valence-corrected chi connectivity index (χ4v) is 4.24. The van der Waals surface area contributed by atoms with Gasteiger partial charge in [-0.05, 0) is 30.9 Å². The van der Waals surface area contributed by atoms with Crippen LogP contribution in [0.3, 0.4) is 0 Å². The quantitative estimate of drug-likeness (QED) is 0.840. The maximum Gasteiger partial charge on any atom is 0.261 e. The van der Waals surface area contributed by atoms with Gasteiger partial charge in [0.15, 0.2) is 0 Å². The van der Waals surface area contributed by atoms with Gasteiger partial charge in [0.2, 0.25) is 0 Å². The second-order valence-electron chi connectivity index (χ2n) is 7.29. The summed E-state index contributed by atoms with van der Waals surface area (Å²) in [6.07, 6.45) is 5.30. The number of benzene rings is 1. The van der Waals surface area contributed by atoms with Crippen molar-refractivity contribution in [3.63, 3.8) is 0 Å². The molecule has 2 aliphatic rings. The monoisotopic (exact) mass is 346 g/mol. The summed E-state index contributed by atoms with van der Waals surface area (Å²) in [5.41, 5.74) is 0.534. The van der Waals surface area contributed by atoms with E-state index in [0.717, 1.165) is 32.1 Å². The van der Waals surface area contributed by atoms with E-state index in [4.69, 9.17) is 9.47 Å². The van der Waals surface area contributed by atoms with Gasteiger partial charge < -0.3 is 14.4 Å². The number of amides is 1. The van der Waals surface area contributed by atoms with Crippen LogP contribution in [-0.2, 0) is 0 Å². The molecule has 1 amide bonds. The van der Waals surface area contributed by atoms with E-state index in [0.29, 0.717) is 23.1 Å². The van der Waals surface area contributed by atoms with Crippen molar-refractivity contribution >= 4 is 5.91 Å². The first-order chi connectivity index (χ1) is 12.1. The number of ether oxygens (including phenoxy) is 2. The zero-order chi connectivity index (χ0) is 17.8. The first-order valence-electron chi connectivity index (χ1n) is 9.38. The summed E-state index contributed by atoms with van der Waals surface area (Å²) in [6, 6.07) is 6.17. The maximum absolute atomic E-state index is 13.0. The van der Waals surface area contributed by atoms with Crippen LogP contribution in [0.2, 0.25) is 0 Å². The number of hydrogen-bond donors (Lipinski definition) is 0. The summed E-state index contributed by atoms with van der Waals surface area (Å²) in [6.45, 7) is 5.82. The Hall–Kier alpha value is -1.75. The van der Waals surface area contributed by atoms with Gasteiger partial charge in [0.1, 0.15) is 17.1 Å². The third-order valence-electron chi connectivity index (χ3n) is 5.67. The standard InChI is InChI=1S/C20H30N2O3/c1-15-6-4-7-16(14-15)21-10-12-22(13-11-21)20(23)19-17(24-2)8-5-9-18(19)25-3/h5,8-9,15-16H,4,6-7,10-14H2,1-3H3/t15-,16-/m1/s1. The Kier molecular flexibility index (Phi) is 5.84. The molecule has 0 unspecified atom stereocenters. The summed E-state index contributed by atoms with van der Waals surface area (Å²) in [5.74, 6) is 1.99. The Morgan fingerprint density at radius 3 is 2.24 bits per heavy atom. The summed E-state index contributed by atoms with van der Waals surface area (Å²) >= 11 is 0. The highest BCUT2D eigenvalue weighted by molar-refractivity contribution is 5.99. The molecule has 1 saturated carbocycles. The Balaban J connectivity index is 1.66. The third kappa shape index (κ3) is 3.92. The predicted molar refractivity (Wildman–Crippen MR) is 98.4 cm³/mol. The zero-order valence-electron chi connectivity index (χ0n) is 15.7. The molecule has 0 spiro atoms. The van der Waals surface area contributed by atoms with E-state index in [-0.39, 0.29) is 5.91 Å². The maximum atomic E-state index is 13.0. The van der Waals surface area contributed by atoms with Crippen LogP contribution < -0.4 is 9.47 Å². The third-order valence-corrected chi connectivity index (χ3v) is 5.67. The molecule has 3 rings (SSSR count). The van der Waals surface area contributed by atoms with E-state index in [1.807, 2.05) is 23.1 Å². The molecule has 0 aromatic heterocycles. The van der Waals surface area contributed by atoms with Gasteiger partial charge in [-0.3, -0.25) is 9.69 Å². The second kappa shape index (κ2) is 8.09. The highest BCUT2D eigenvalue weighted by Crippen LogP contribution is 2.31. The fraction of sp³-hybridized carbons (Fsp3) is 0.650. The van der Waals surface area contributed by atoms with Crippen LogP contribution in [0.15, 0.2) is 18.2 Å². The number of methoxy groups -OCH3 is 2. The van der Waals surface area contributed by atoms with Crippen LogP contribution in [0.1, 0.15) is 43.0 Å². The van der Waals surface area contributed by atoms with Crippen LogP contribution in [0.25, 0.3) is 0 Å². The summed E-state index contributed by atoms with van der Waals surface area (Å²) in [7, 11) is 3.18. The van der Waals surface area contributed by atoms with Crippen molar-refractivity contribution < 1.29 is 14.3 Å². The Labute approximate surface area is 150 Å². The van der Waals surface area contributed by atoms with Crippen LogP contribution >= 0.6 is 0 Å². The van der Waals surface area contributed by atoms with Crippen molar-refractivity contribution in [3.8, 4) is 11.5 Å². The second-order valence-corrected chi connectivity index (χ2v) is 7.29. The molecule has 2 atom stereocenters. The fourth-order valence-electron chi connectivity index (χ4n) is 4.24. The smallest absolute Gasteiger partial charge is 0.261 e. The van der Waals surface area contributed by atoms with Gasteiger partial charge in [0.25, 0.3) is 5.91 Å². The van der Waals surface area contributed by atoms with Gasteiger partial charge in [-0.25, -0.2) is 0 Å². The average Bonchev–Trinajstić information content (AvgIpc) is 2.66. The predicted octanol–water partition coefficient (Wildman–Crippen LogP) is 3.04.